The van der Waals surface area contributed by atoms with Crippen LogP contribution in [-0.4, -0.2) is 72.9 Å². The molecule has 0 rings (SSSR count). The first kappa shape index (κ1) is 30.0. The quantitative estimate of drug-likeness (QED) is 0.173. The molecule has 7 nitrogen and oxygen atoms in total. The van der Waals surface area contributed by atoms with Crippen molar-refractivity contribution in [3.63, 3.8) is 0 Å². The van der Waals surface area contributed by atoms with Crippen molar-refractivity contribution in [1.29, 1.82) is 0 Å². The van der Waals surface area contributed by atoms with Gasteiger partial charge in [0.2, 0.25) is 0 Å². The van der Waals surface area contributed by atoms with Gasteiger partial charge in [0.1, 0.15) is 0 Å². The third-order valence-electron chi connectivity index (χ3n) is 4.17. The first-order chi connectivity index (χ1) is 12.7. The number of rotatable bonds is 16. The van der Waals surface area contributed by atoms with Gasteiger partial charge in [0.25, 0.3) is 10.1 Å². The Labute approximate surface area is 192 Å². The molecule has 9 heteroatoms. The van der Waals surface area contributed by atoms with Crippen molar-refractivity contribution in [1.82, 2.24) is 0 Å². The van der Waals surface area contributed by atoms with E-state index in [-0.39, 0.29) is 42.8 Å². The van der Waals surface area contributed by atoms with E-state index in [1.807, 2.05) is 13.8 Å². The van der Waals surface area contributed by atoms with Gasteiger partial charge in [-0.1, -0.05) is 65.7 Å². The van der Waals surface area contributed by atoms with Gasteiger partial charge in [-0.05, 0) is 18.8 Å². The minimum absolute atomic E-state index is 0. The number of carbonyl (C=O) groups is 2. The van der Waals surface area contributed by atoms with Crippen molar-refractivity contribution >= 4 is 51.6 Å². The van der Waals surface area contributed by atoms with E-state index in [4.69, 9.17) is 9.47 Å². The fourth-order valence-electron chi connectivity index (χ4n) is 2.43. The van der Waals surface area contributed by atoms with Crippen molar-refractivity contribution < 1.29 is 32.0 Å². The molecule has 0 radical (unpaired) electrons. The van der Waals surface area contributed by atoms with Gasteiger partial charge < -0.3 is 9.47 Å². The Balaban J connectivity index is 0. The number of esters is 2. The van der Waals surface area contributed by atoms with E-state index in [0.29, 0.717) is 18.8 Å². The Bertz CT molecular complexity index is 520. The molecular weight excluding hydrogens is 395 g/mol. The summed E-state index contributed by atoms with van der Waals surface area (Å²) in [6, 6.07) is 0. The van der Waals surface area contributed by atoms with Crippen molar-refractivity contribution in [2.24, 2.45) is 5.92 Å². The van der Waals surface area contributed by atoms with E-state index >= 15 is 0 Å². The molecule has 1 atom stereocenters. The summed E-state index contributed by atoms with van der Waals surface area (Å²) in [6.07, 6.45) is 8.42. The Morgan fingerprint density at radius 3 is 1.93 bits per heavy atom. The molecule has 0 saturated heterocycles. The van der Waals surface area contributed by atoms with E-state index in [1.165, 1.54) is 25.7 Å². The predicted molar refractivity (Wildman–Crippen MR) is 111 cm³/mol. The van der Waals surface area contributed by atoms with Gasteiger partial charge in [0, 0.05) is 0 Å². The zero-order chi connectivity index (χ0) is 20.7. The number of unbranched alkanes of at least 4 members (excludes halogenated alkanes) is 7. The molecule has 0 heterocycles. The van der Waals surface area contributed by atoms with Crippen molar-refractivity contribution in [3.05, 3.63) is 0 Å². The van der Waals surface area contributed by atoms with E-state index in [9.17, 15) is 22.6 Å². The maximum absolute atomic E-state index is 11.9. The summed E-state index contributed by atoms with van der Waals surface area (Å²) in [5.74, 6) is -1.63. The first-order valence-corrected chi connectivity index (χ1v) is 11.5. The van der Waals surface area contributed by atoms with Gasteiger partial charge in [-0.15, -0.1) is 0 Å². The molecule has 162 valence electrons. The molecular formula is C19H37NaO7S. The van der Waals surface area contributed by atoms with Crippen LogP contribution in [0, 0.1) is 5.92 Å². The summed E-state index contributed by atoms with van der Waals surface area (Å²) < 4.78 is 41.9. The Morgan fingerprint density at radius 1 is 0.893 bits per heavy atom. The fraction of sp³-hybridized carbons (Fsp3) is 0.895. The van der Waals surface area contributed by atoms with E-state index in [2.05, 4.69) is 6.92 Å². The second-order valence-electron chi connectivity index (χ2n) is 7.25. The third kappa shape index (κ3) is 16.8. The van der Waals surface area contributed by atoms with Crippen LogP contribution >= 0.6 is 0 Å². The molecule has 28 heavy (non-hydrogen) atoms. The van der Waals surface area contributed by atoms with Crippen molar-refractivity contribution in [2.75, 3.05) is 13.2 Å². The summed E-state index contributed by atoms with van der Waals surface area (Å²) in [5, 5.41) is -1.93. The third-order valence-corrected chi connectivity index (χ3v) is 5.25. The van der Waals surface area contributed by atoms with Crippen LogP contribution in [0.4, 0.5) is 0 Å². The molecule has 1 N–H and O–H groups in total. The van der Waals surface area contributed by atoms with Gasteiger partial charge >= 0.3 is 41.5 Å². The monoisotopic (exact) mass is 432 g/mol. The zero-order valence-corrected chi connectivity index (χ0v) is 17.8. The van der Waals surface area contributed by atoms with Crippen LogP contribution in [0.1, 0.15) is 85.0 Å². The van der Waals surface area contributed by atoms with Gasteiger partial charge in [-0.25, -0.2) is 0 Å². The molecule has 0 aliphatic heterocycles. The molecule has 0 aromatic carbocycles. The van der Waals surface area contributed by atoms with Crippen LogP contribution in [0.25, 0.3) is 0 Å². The second kappa shape index (κ2) is 17.7. The molecule has 0 aliphatic carbocycles. The number of hydrogen-bond acceptors (Lipinski definition) is 6. The van der Waals surface area contributed by atoms with E-state index < -0.39 is 33.7 Å². The van der Waals surface area contributed by atoms with Crippen molar-refractivity contribution in [2.45, 2.75) is 90.2 Å². The minimum atomic E-state index is -4.74. The molecule has 0 fully saturated rings. The maximum atomic E-state index is 11.9. The molecule has 0 aromatic rings. The summed E-state index contributed by atoms with van der Waals surface area (Å²) in [5.41, 5.74) is 0. The molecule has 0 saturated carbocycles. The number of carbonyl (C=O) groups excluding carboxylic acids is 2. The Kier molecular flexibility index (Phi) is 19.0. The second-order valence-corrected chi connectivity index (χ2v) is 8.85. The van der Waals surface area contributed by atoms with Crippen molar-refractivity contribution in [3.8, 4) is 0 Å². The standard InChI is InChI=1S/C19H36O7S.Na.H/c1-4-5-6-7-8-9-10-11-13-26-19(21)17(27(22,23)24)15-18(20)25-14-12-16(2)3;;/h16-17H,4-15H2,1-3H3,(H,22,23,24);;. The zero-order valence-electron chi connectivity index (χ0n) is 16.9. The fourth-order valence-corrected chi connectivity index (χ4v) is 3.09. The normalized spacial score (nSPS) is 12.3. The molecule has 0 aromatic heterocycles. The summed E-state index contributed by atoms with van der Waals surface area (Å²) in [4.78, 5) is 23.6. The van der Waals surface area contributed by atoms with Crippen LogP contribution in [0.2, 0.25) is 0 Å². The summed E-state index contributed by atoms with van der Waals surface area (Å²) in [7, 11) is -4.74. The summed E-state index contributed by atoms with van der Waals surface area (Å²) in [6.45, 7) is 6.29. The van der Waals surface area contributed by atoms with Crippen LogP contribution in [0.3, 0.4) is 0 Å². The van der Waals surface area contributed by atoms with Gasteiger partial charge in [-0.2, -0.15) is 8.42 Å². The predicted octanol–water partition coefficient (Wildman–Crippen LogP) is 3.26. The van der Waals surface area contributed by atoms with Crippen LogP contribution in [-0.2, 0) is 29.2 Å². The number of ether oxygens (including phenoxy) is 2. The number of hydrogen-bond donors (Lipinski definition) is 1. The van der Waals surface area contributed by atoms with Gasteiger partial charge in [-0.3, -0.25) is 14.1 Å². The molecule has 0 amide bonds. The SMILES string of the molecule is CCCCCCCCCCOC(=O)C(CC(=O)OCCC(C)C)S(=O)(=O)O.[NaH]. The Hall–Kier alpha value is -0.150. The first-order valence-electron chi connectivity index (χ1n) is 9.97. The van der Waals surface area contributed by atoms with E-state index in [1.54, 1.807) is 0 Å². The molecule has 1 unspecified atom stereocenters. The summed E-state index contributed by atoms with van der Waals surface area (Å²) >= 11 is 0. The Morgan fingerprint density at radius 2 is 1.43 bits per heavy atom. The van der Waals surface area contributed by atoms with E-state index in [0.717, 1.165) is 19.3 Å². The van der Waals surface area contributed by atoms with Crippen LogP contribution in [0.15, 0.2) is 0 Å². The van der Waals surface area contributed by atoms with Gasteiger partial charge in [0.05, 0.1) is 19.6 Å². The molecule has 0 bridgehead atoms. The molecule has 0 spiro atoms. The average molecular weight is 433 g/mol. The van der Waals surface area contributed by atoms with Crippen LogP contribution in [0.5, 0.6) is 0 Å². The van der Waals surface area contributed by atoms with Gasteiger partial charge in [0.15, 0.2) is 5.25 Å². The average Bonchev–Trinajstić information content (AvgIpc) is 2.56. The molecule has 0 aliphatic rings. The van der Waals surface area contributed by atoms with Crippen LogP contribution < -0.4 is 0 Å². The topological polar surface area (TPSA) is 107 Å².